The zero-order valence-electron chi connectivity index (χ0n) is 10.4. The van der Waals surface area contributed by atoms with E-state index >= 15 is 0 Å². The van der Waals surface area contributed by atoms with Crippen molar-refractivity contribution in [3.8, 4) is 0 Å². The van der Waals surface area contributed by atoms with E-state index in [1.807, 2.05) is 0 Å². The van der Waals surface area contributed by atoms with Crippen LogP contribution in [0.15, 0.2) is 17.2 Å². The predicted octanol–water partition coefficient (Wildman–Crippen LogP) is 1.63. The molecule has 0 spiro atoms. The summed E-state index contributed by atoms with van der Waals surface area (Å²) in [5, 5.41) is 3.00. The van der Waals surface area contributed by atoms with Crippen LogP contribution < -0.4 is 10.9 Å². The van der Waals surface area contributed by atoms with E-state index in [-0.39, 0.29) is 10.9 Å². The molecular formula is C12H18ClN3O2. The van der Waals surface area contributed by atoms with E-state index in [4.69, 9.17) is 16.3 Å². The van der Waals surface area contributed by atoms with Crippen molar-refractivity contribution in [1.82, 2.24) is 9.55 Å². The number of ether oxygens (including phenoxy) is 1. The summed E-state index contributed by atoms with van der Waals surface area (Å²) in [5.41, 5.74) is -0.0436. The molecule has 100 valence electrons. The Morgan fingerprint density at radius 2 is 2.44 bits per heavy atom. The van der Waals surface area contributed by atoms with Gasteiger partial charge in [0, 0.05) is 32.1 Å². The summed E-state index contributed by atoms with van der Waals surface area (Å²) in [5.74, 6) is 0.408. The van der Waals surface area contributed by atoms with Crippen molar-refractivity contribution in [1.29, 1.82) is 0 Å². The summed E-state index contributed by atoms with van der Waals surface area (Å²) in [6.07, 6.45) is 6.31. The number of nitrogens with one attached hydrogen (secondary N) is 1. The third-order valence-corrected chi connectivity index (χ3v) is 3.25. The van der Waals surface area contributed by atoms with Gasteiger partial charge in [0.15, 0.2) is 5.82 Å². The molecular weight excluding hydrogens is 254 g/mol. The lowest BCUT2D eigenvalue weighted by molar-refractivity contribution is 0.196. The van der Waals surface area contributed by atoms with Crippen LogP contribution in [0.1, 0.15) is 25.3 Å². The Hall–Kier alpha value is -1.07. The second kappa shape index (κ2) is 6.20. The Kier molecular flexibility index (Phi) is 4.60. The van der Waals surface area contributed by atoms with Crippen molar-refractivity contribution in [2.24, 2.45) is 0 Å². The zero-order valence-corrected chi connectivity index (χ0v) is 11.2. The van der Waals surface area contributed by atoms with Crippen molar-refractivity contribution in [2.75, 3.05) is 25.6 Å². The van der Waals surface area contributed by atoms with Crippen LogP contribution in [-0.2, 0) is 4.74 Å². The zero-order chi connectivity index (χ0) is 13.0. The number of methoxy groups -OCH3 is 1. The number of hydrogen-bond acceptors (Lipinski definition) is 4. The standard InChI is InChI=1S/C12H18ClN3O2/c1-18-8-9(13)4-5-14-11-12(17)16(7-6-15-11)10-2-3-10/h6-7,9-10H,2-5,8H2,1H3,(H,14,15). The van der Waals surface area contributed by atoms with Crippen LogP contribution in [0.4, 0.5) is 5.82 Å². The predicted molar refractivity (Wildman–Crippen MR) is 71.4 cm³/mol. The molecule has 1 aliphatic rings. The van der Waals surface area contributed by atoms with E-state index in [9.17, 15) is 4.79 Å². The minimum absolute atomic E-state index is 0.0436. The minimum atomic E-state index is -0.0446. The highest BCUT2D eigenvalue weighted by Gasteiger charge is 2.25. The number of halogens is 1. The number of nitrogens with zero attached hydrogens (tertiary/aromatic N) is 2. The van der Waals surface area contributed by atoms with Crippen LogP contribution in [0.25, 0.3) is 0 Å². The second-order valence-electron chi connectivity index (χ2n) is 4.49. The molecule has 1 N–H and O–H groups in total. The van der Waals surface area contributed by atoms with Crippen LogP contribution in [0.2, 0.25) is 0 Å². The molecule has 1 unspecified atom stereocenters. The maximum atomic E-state index is 12.0. The fourth-order valence-corrected chi connectivity index (χ4v) is 2.03. The van der Waals surface area contributed by atoms with Crippen molar-refractivity contribution in [3.05, 3.63) is 22.7 Å². The molecule has 0 saturated heterocycles. The van der Waals surface area contributed by atoms with Crippen LogP contribution in [0, 0.1) is 0 Å². The van der Waals surface area contributed by atoms with Crippen LogP contribution in [0.3, 0.4) is 0 Å². The van der Waals surface area contributed by atoms with Crippen molar-refractivity contribution >= 4 is 17.4 Å². The smallest absolute Gasteiger partial charge is 0.293 e. The van der Waals surface area contributed by atoms with Gasteiger partial charge in [-0.1, -0.05) is 0 Å². The lowest BCUT2D eigenvalue weighted by Gasteiger charge is -2.10. The molecule has 1 aliphatic carbocycles. The molecule has 0 aliphatic heterocycles. The molecule has 5 nitrogen and oxygen atoms in total. The lowest BCUT2D eigenvalue weighted by Crippen LogP contribution is -2.25. The molecule has 0 aromatic carbocycles. The molecule has 0 amide bonds. The van der Waals surface area contributed by atoms with Crippen LogP contribution >= 0.6 is 11.6 Å². The monoisotopic (exact) mass is 271 g/mol. The topological polar surface area (TPSA) is 56.1 Å². The maximum absolute atomic E-state index is 12.0. The Bertz CT molecular complexity index is 445. The third kappa shape index (κ3) is 3.46. The molecule has 1 atom stereocenters. The summed E-state index contributed by atoms with van der Waals surface area (Å²) in [6, 6.07) is 0.371. The highest BCUT2D eigenvalue weighted by molar-refractivity contribution is 6.20. The number of anilines is 1. The van der Waals surface area contributed by atoms with E-state index in [1.54, 1.807) is 24.1 Å². The lowest BCUT2D eigenvalue weighted by atomic mass is 10.3. The van der Waals surface area contributed by atoms with Gasteiger partial charge in [0.25, 0.3) is 5.56 Å². The molecule has 1 fully saturated rings. The molecule has 1 aromatic rings. The van der Waals surface area contributed by atoms with Crippen LogP contribution in [0.5, 0.6) is 0 Å². The Labute approximate surface area is 111 Å². The Morgan fingerprint density at radius 1 is 1.67 bits per heavy atom. The maximum Gasteiger partial charge on any atom is 0.293 e. The summed E-state index contributed by atoms with van der Waals surface area (Å²) in [7, 11) is 1.62. The molecule has 6 heteroatoms. The first kappa shape index (κ1) is 13.4. The molecule has 18 heavy (non-hydrogen) atoms. The first-order valence-corrected chi connectivity index (χ1v) is 6.60. The van der Waals surface area contributed by atoms with Gasteiger partial charge in [-0.05, 0) is 19.3 Å². The van der Waals surface area contributed by atoms with Gasteiger partial charge < -0.3 is 14.6 Å². The fraction of sp³-hybridized carbons (Fsp3) is 0.667. The Balaban J connectivity index is 1.89. The molecule has 1 saturated carbocycles. The summed E-state index contributed by atoms with van der Waals surface area (Å²) in [6.45, 7) is 1.13. The first-order chi connectivity index (χ1) is 8.72. The highest BCUT2D eigenvalue weighted by atomic mass is 35.5. The average molecular weight is 272 g/mol. The molecule has 0 bridgehead atoms. The van der Waals surface area contributed by atoms with Gasteiger partial charge in [0.05, 0.1) is 12.0 Å². The van der Waals surface area contributed by atoms with Gasteiger partial charge in [-0.3, -0.25) is 4.79 Å². The van der Waals surface area contributed by atoms with E-state index in [0.717, 1.165) is 19.3 Å². The average Bonchev–Trinajstić information content (AvgIpc) is 3.16. The van der Waals surface area contributed by atoms with Gasteiger partial charge in [0.2, 0.25) is 0 Å². The third-order valence-electron chi connectivity index (χ3n) is 2.91. The summed E-state index contributed by atoms with van der Waals surface area (Å²) in [4.78, 5) is 16.1. The first-order valence-electron chi connectivity index (χ1n) is 6.16. The second-order valence-corrected chi connectivity index (χ2v) is 5.10. The number of hydrogen-bond donors (Lipinski definition) is 1. The van der Waals surface area contributed by atoms with Gasteiger partial charge >= 0.3 is 0 Å². The summed E-state index contributed by atoms with van der Waals surface area (Å²) < 4.78 is 6.70. The SMILES string of the molecule is COCC(Cl)CCNc1nccn(C2CC2)c1=O. The number of aromatic nitrogens is 2. The molecule has 1 aromatic heterocycles. The van der Waals surface area contributed by atoms with E-state index in [0.29, 0.717) is 25.0 Å². The quantitative estimate of drug-likeness (QED) is 0.766. The van der Waals surface area contributed by atoms with Crippen molar-refractivity contribution in [3.63, 3.8) is 0 Å². The van der Waals surface area contributed by atoms with Gasteiger partial charge in [-0.15, -0.1) is 11.6 Å². The number of rotatable bonds is 7. The highest BCUT2D eigenvalue weighted by Crippen LogP contribution is 2.33. The fourth-order valence-electron chi connectivity index (χ4n) is 1.80. The van der Waals surface area contributed by atoms with Gasteiger partial charge in [0.1, 0.15) is 0 Å². The van der Waals surface area contributed by atoms with Gasteiger partial charge in [-0.2, -0.15) is 0 Å². The van der Waals surface area contributed by atoms with Crippen LogP contribution in [-0.4, -0.2) is 35.2 Å². The van der Waals surface area contributed by atoms with Crippen molar-refractivity contribution < 1.29 is 4.74 Å². The van der Waals surface area contributed by atoms with Gasteiger partial charge in [-0.25, -0.2) is 4.98 Å². The Morgan fingerprint density at radius 3 is 3.11 bits per heavy atom. The molecule has 0 radical (unpaired) electrons. The van der Waals surface area contributed by atoms with E-state index in [2.05, 4.69) is 10.3 Å². The molecule has 2 rings (SSSR count). The van der Waals surface area contributed by atoms with E-state index < -0.39 is 0 Å². The normalized spacial score (nSPS) is 16.6. The number of alkyl halides is 1. The molecule has 1 heterocycles. The summed E-state index contributed by atoms with van der Waals surface area (Å²) >= 11 is 6.01. The largest absolute Gasteiger partial charge is 0.383 e. The van der Waals surface area contributed by atoms with E-state index in [1.165, 1.54) is 0 Å². The van der Waals surface area contributed by atoms with Crippen molar-refractivity contribution in [2.45, 2.75) is 30.7 Å². The minimum Gasteiger partial charge on any atom is -0.383 e.